The molecule has 44 valence electrons. The van der Waals surface area contributed by atoms with Crippen LogP contribution < -0.4 is 0 Å². The van der Waals surface area contributed by atoms with Gasteiger partial charge in [0.05, 0.1) is 0 Å². The van der Waals surface area contributed by atoms with E-state index in [1.165, 1.54) is 0 Å². The summed E-state index contributed by atoms with van der Waals surface area (Å²) in [4.78, 5) is 0. The van der Waals surface area contributed by atoms with E-state index in [0.717, 1.165) is 0 Å². The van der Waals surface area contributed by atoms with E-state index in [0.29, 0.717) is 0 Å². The van der Waals surface area contributed by atoms with Crippen molar-refractivity contribution in [2.24, 2.45) is 0 Å². The van der Waals surface area contributed by atoms with Crippen molar-refractivity contribution < 1.29 is 51.7 Å². The van der Waals surface area contributed by atoms with Crippen molar-refractivity contribution >= 4 is 10.4 Å². The van der Waals surface area contributed by atoms with Gasteiger partial charge in [0.2, 0.25) is 0 Å². The Bertz CT molecular complexity index is 92.9. The van der Waals surface area contributed by atoms with Gasteiger partial charge in [-0.25, -0.2) is 0 Å². The van der Waals surface area contributed by atoms with Gasteiger partial charge in [-0.2, -0.15) is 0 Å². The molecule has 0 radical (unpaired) electrons. The molecular weight excluding hydrogens is 206 g/mol. The van der Waals surface area contributed by atoms with Crippen LogP contribution in [-0.2, 0) is 44.5 Å². The third-order valence-electron chi connectivity index (χ3n) is 0. The molecule has 7 heavy (non-hydrogen) atoms. The molecule has 0 fully saturated rings. The minimum absolute atomic E-state index is 0. The van der Waals surface area contributed by atoms with E-state index in [4.69, 9.17) is 17.5 Å². The van der Waals surface area contributed by atoms with Gasteiger partial charge in [-0.15, -0.1) is 0 Å². The second-order valence-corrected chi connectivity index (χ2v) is 1.22. The summed E-state index contributed by atoms with van der Waals surface area (Å²) in [6.07, 6.45) is 0. The quantitative estimate of drug-likeness (QED) is 0.279. The van der Waals surface area contributed by atoms with Gasteiger partial charge in [0.15, 0.2) is 0 Å². The number of hydrogen-bond acceptors (Lipinski definition) is 4. The molecule has 0 aliphatic carbocycles. The van der Waals surface area contributed by atoms with Crippen LogP contribution in [0.3, 0.4) is 0 Å². The van der Waals surface area contributed by atoms with Crippen LogP contribution in [-0.4, -0.2) is 17.5 Å². The van der Waals surface area contributed by atoms with E-state index in [-0.39, 0.29) is 34.1 Å². The van der Waals surface area contributed by atoms with Crippen molar-refractivity contribution in [3.05, 3.63) is 0 Å². The van der Waals surface area contributed by atoms with Gasteiger partial charge in [0.1, 0.15) is 0 Å². The molecular formula is Mn2O4S. The standard InChI is InChI=1S/2Mn.H2O4S/c;;1-5(2,3)4/h;;(H2,1,2,3,4)/q2*+1;/p-2. The van der Waals surface area contributed by atoms with Crippen LogP contribution in [0, 0.1) is 0 Å². The summed E-state index contributed by atoms with van der Waals surface area (Å²) in [5.41, 5.74) is 0. The van der Waals surface area contributed by atoms with Crippen molar-refractivity contribution in [3.63, 3.8) is 0 Å². The van der Waals surface area contributed by atoms with Gasteiger partial charge in [0.25, 0.3) is 0 Å². The molecule has 0 aliphatic rings. The molecule has 0 unspecified atom stereocenters. The van der Waals surface area contributed by atoms with Gasteiger partial charge < -0.3 is 9.11 Å². The number of hydrogen-bond donors (Lipinski definition) is 0. The minimum atomic E-state index is -5.17. The van der Waals surface area contributed by atoms with Crippen molar-refractivity contribution in [2.45, 2.75) is 0 Å². The molecule has 0 N–H and O–H groups in total. The Labute approximate surface area is 62.2 Å². The Morgan fingerprint density at radius 2 is 1.00 bits per heavy atom. The Balaban J connectivity index is -0.0000000800. The van der Waals surface area contributed by atoms with Crippen LogP contribution in [0.1, 0.15) is 0 Å². The molecule has 0 aliphatic heterocycles. The Morgan fingerprint density at radius 1 is 1.00 bits per heavy atom. The topological polar surface area (TPSA) is 80.3 Å². The molecule has 0 rings (SSSR count). The molecule has 0 atom stereocenters. The van der Waals surface area contributed by atoms with E-state index >= 15 is 0 Å². The summed E-state index contributed by atoms with van der Waals surface area (Å²) in [6.45, 7) is 0. The second-order valence-electron chi connectivity index (χ2n) is 0.408. The smallest absolute Gasteiger partial charge is 0.759 e. The van der Waals surface area contributed by atoms with Gasteiger partial charge in [-0.1, -0.05) is 0 Å². The Morgan fingerprint density at radius 3 is 1.00 bits per heavy atom. The molecule has 7 heteroatoms. The predicted molar refractivity (Wildman–Crippen MR) is 10.5 cm³/mol. The zero-order valence-electron chi connectivity index (χ0n) is 2.80. The van der Waals surface area contributed by atoms with Crippen molar-refractivity contribution in [2.75, 3.05) is 0 Å². The zero-order valence-corrected chi connectivity index (χ0v) is 5.97. The molecule has 0 heterocycles. The summed E-state index contributed by atoms with van der Waals surface area (Å²) >= 11 is 0. The first-order valence-corrected chi connectivity index (χ1v) is 2.00. The van der Waals surface area contributed by atoms with E-state index < -0.39 is 10.4 Å². The predicted octanol–water partition coefficient (Wildman–Crippen LogP) is -1.34. The molecule has 0 aromatic rings. The SMILES string of the molecule is O=S(=O)([O-])[O-].[Mn+].[Mn+]. The monoisotopic (exact) mass is 206 g/mol. The summed E-state index contributed by atoms with van der Waals surface area (Å²) in [5.74, 6) is 0. The average molecular weight is 206 g/mol. The largest absolute Gasteiger partial charge is 1.00 e. The fraction of sp³-hybridized carbons (Fsp3) is 0. The van der Waals surface area contributed by atoms with Crippen molar-refractivity contribution in [1.29, 1.82) is 0 Å². The summed E-state index contributed by atoms with van der Waals surface area (Å²) in [5, 5.41) is 0. The fourth-order valence-electron chi connectivity index (χ4n) is 0. The average Bonchev–Trinajstić information content (AvgIpc) is 0.722. The maximum absolute atomic E-state index is 8.52. The van der Waals surface area contributed by atoms with Crippen LogP contribution in [0.5, 0.6) is 0 Å². The van der Waals surface area contributed by atoms with Crippen molar-refractivity contribution in [1.82, 2.24) is 0 Å². The normalized spacial score (nSPS) is 8.29. The Hall–Kier alpha value is 0.909. The first-order valence-electron chi connectivity index (χ1n) is 0.667. The van der Waals surface area contributed by atoms with Crippen LogP contribution in [0.25, 0.3) is 0 Å². The van der Waals surface area contributed by atoms with Crippen LogP contribution >= 0.6 is 0 Å². The molecule has 0 aromatic heterocycles. The number of rotatable bonds is 0. The zero-order chi connectivity index (χ0) is 4.50. The van der Waals surface area contributed by atoms with E-state index in [1.807, 2.05) is 0 Å². The first-order chi connectivity index (χ1) is 2.00. The molecule has 4 nitrogen and oxygen atoms in total. The third-order valence-corrected chi connectivity index (χ3v) is 0. The molecule has 0 amide bonds. The van der Waals surface area contributed by atoms with Gasteiger partial charge in [-0.05, 0) is 0 Å². The van der Waals surface area contributed by atoms with Gasteiger partial charge >= 0.3 is 34.1 Å². The molecule has 0 bridgehead atoms. The molecule has 0 saturated heterocycles. The Kier molecular flexibility index (Phi) is 11.3. The molecule has 0 aromatic carbocycles. The fourth-order valence-corrected chi connectivity index (χ4v) is 0. The van der Waals surface area contributed by atoms with Crippen molar-refractivity contribution in [3.8, 4) is 0 Å². The summed E-state index contributed by atoms with van der Waals surface area (Å²) in [6, 6.07) is 0. The second kappa shape index (κ2) is 5.05. The first kappa shape index (κ1) is 15.7. The minimum Gasteiger partial charge on any atom is -0.759 e. The van der Waals surface area contributed by atoms with Gasteiger partial charge in [-0.3, -0.25) is 8.42 Å². The van der Waals surface area contributed by atoms with Crippen LogP contribution in [0.4, 0.5) is 0 Å². The van der Waals surface area contributed by atoms with E-state index in [1.54, 1.807) is 0 Å². The third kappa shape index (κ3) is 202. The van der Waals surface area contributed by atoms with Crippen LogP contribution in [0.15, 0.2) is 0 Å². The van der Waals surface area contributed by atoms with E-state index in [9.17, 15) is 0 Å². The van der Waals surface area contributed by atoms with E-state index in [2.05, 4.69) is 0 Å². The summed E-state index contributed by atoms with van der Waals surface area (Å²) < 4.78 is 34.1. The maximum Gasteiger partial charge on any atom is 1.00 e. The molecule has 0 saturated carbocycles. The summed E-state index contributed by atoms with van der Waals surface area (Å²) in [7, 11) is -5.17. The molecule has 0 spiro atoms. The van der Waals surface area contributed by atoms with Gasteiger partial charge in [0, 0.05) is 10.4 Å². The maximum atomic E-state index is 8.52. The van der Waals surface area contributed by atoms with Crippen LogP contribution in [0.2, 0.25) is 0 Å².